The molecule has 4 aromatic carbocycles. The molecule has 18 nitrogen and oxygen atoms in total. The van der Waals surface area contributed by atoms with Crippen molar-refractivity contribution < 1.29 is 76.1 Å². The zero-order valence-corrected chi connectivity index (χ0v) is 45.2. The summed E-state index contributed by atoms with van der Waals surface area (Å²) in [6, 6.07) is 18.4. The fraction of sp³-hybridized carbons (Fsp3) is 0.483. The number of methoxy groups -OCH3 is 2. The molecule has 2 heterocycles. The van der Waals surface area contributed by atoms with Crippen LogP contribution in [0.3, 0.4) is 0 Å². The zero-order valence-electron chi connectivity index (χ0n) is 45.2. The van der Waals surface area contributed by atoms with Crippen LogP contribution in [0.4, 0.5) is 4.79 Å². The van der Waals surface area contributed by atoms with Gasteiger partial charge in [0.1, 0.15) is 91.8 Å². The number of carbonyl (C=O) groups is 6. The van der Waals surface area contributed by atoms with E-state index in [-0.39, 0.29) is 62.4 Å². The van der Waals surface area contributed by atoms with Gasteiger partial charge in [-0.15, -0.1) is 0 Å². The maximum Gasteiger partial charge on any atom is 0.407 e. The second-order valence-electron chi connectivity index (χ2n) is 18.6. The summed E-state index contributed by atoms with van der Waals surface area (Å²) in [6.07, 6.45) is 5.21. The van der Waals surface area contributed by atoms with Gasteiger partial charge in [-0.1, -0.05) is 48.2 Å². The molecule has 0 fully saturated rings. The number of hydrogen-bond acceptors (Lipinski definition) is 16. The molecule has 0 aliphatic carbocycles. The van der Waals surface area contributed by atoms with Crippen LogP contribution in [0.5, 0.6) is 34.5 Å². The zero-order chi connectivity index (χ0) is 55.0. The van der Waals surface area contributed by atoms with Gasteiger partial charge < -0.3 is 62.8 Å². The number of fused-ring (bicyclic) bond motifs is 2. The highest BCUT2D eigenvalue weighted by molar-refractivity contribution is 5.92. The van der Waals surface area contributed by atoms with Gasteiger partial charge >= 0.3 is 24.0 Å². The van der Waals surface area contributed by atoms with Crippen molar-refractivity contribution in [3.63, 3.8) is 0 Å². The Bertz CT molecular complexity index is 2610. The van der Waals surface area contributed by atoms with Gasteiger partial charge in [0.2, 0.25) is 5.91 Å². The van der Waals surface area contributed by atoms with E-state index in [2.05, 4.69) is 10.6 Å². The Kier molecular flexibility index (Phi) is 24.4. The number of carbonyl (C=O) groups excluding carboxylic acids is 6. The molecular weight excluding hydrogens is 981 g/mol. The number of ether oxygens (including phenoxy) is 10. The molecule has 0 spiro atoms. The summed E-state index contributed by atoms with van der Waals surface area (Å²) in [4.78, 5) is 71.6. The van der Waals surface area contributed by atoms with E-state index in [4.69, 9.17) is 47.4 Å². The van der Waals surface area contributed by atoms with Crippen LogP contribution in [-0.2, 0) is 42.9 Å². The maximum atomic E-state index is 13.0. The van der Waals surface area contributed by atoms with Gasteiger partial charge in [-0.3, -0.25) is 19.2 Å². The number of hydrogen-bond donors (Lipinski definition) is 2. The number of ketones is 1. The Hall–Kier alpha value is -7.18. The number of aryl methyl sites for hydroxylation is 4. The van der Waals surface area contributed by atoms with Crippen LogP contribution < -0.4 is 39.1 Å². The monoisotopic (exact) mass is 1050 g/mol. The molecule has 6 rings (SSSR count). The minimum atomic E-state index is -0.651. The van der Waals surface area contributed by atoms with Gasteiger partial charge in [-0.2, -0.15) is 0 Å². The average Bonchev–Trinajstić information content (AvgIpc) is 3.89. The summed E-state index contributed by atoms with van der Waals surface area (Å²) in [5.74, 6) is 1.04. The van der Waals surface area contributed by atoms with Crippen molar-refractivity contribution in [2.45, 2.75) is 105 Å². The molecular formula is C58H74N2O16. The largest absolute Gasteiger partial charge is 0.491 e. The molecule has 0 radical (unpaired) electrons. The topological polar surface area (TPSA) is 219 Å². The lowest BCUT2D eigenvalue weighted by molar-refractivity contribution is -0.144. The van der Waals surface area contributed by atoms with Crippen LogP contribution in [0.15, 0.2) is 60.7 Å². The first-order valence-electron chi connectivity index (χ1n) is 25.8. The smallest absolute Gasteiger partial charge is 0.407 e. The number of nitrogens with one attached hydrogen (secondary N) is 2. The molecule has 2 aliphatic heterocycles. The predicted molar refractivity (Wildman–Crippen MR) is 282 cm³/mol. The number of amides is 2. The summed E-state index contributed by atoms with van der Waals surface area (Å²) < 4.78 is 55.4. The standard InChI is InChI=1S/C30H40N2O8.C28H34O8/c1-20-17-21(2)28-25(18-20)27(29(34)40-28)24-19-23(9-10-26(24)38-14-13-36-4)37-15-16-39-30(35)32-12-8-6-5-7-11-31-22(3)33;1-18-15-19(2)27-23(16-18)26(28(31)36-27)22-17-21(9-10-24(22)34-12-11-32-4)33-13-14-35-25(30)8-6-5-7-20(3)29/h9-10,17-19,27H,5-8,11-16H2,1-4H3,(H,31,33)(H,32,35);9-10,15-17,26H,5-8,11-14H2,1-4H3. The first-order valence-corrected chi connectivity index (χ1v) is 25.8. The molecule has 0 saturated heterocycles. The highest BCUT2D eigenvalue weighted by Gasteiger charge is 2.39. The quantitative estimate of drug-likeness (QED) is 0.0284. The van der Waals surface area contributed by atoms with Crippen molar-refractivity contribution in [3.05, 3.63) is 105 Å². The van der Waals surface area contributed by atoms with E-state index in [1.165, 1.54) is 13.8 Å². The van der Waals surface area contributed by atoms with Crippen molar-refractivity contribution in [2.24, 2.45) is 0 Å². The highest BCUT2D eigenvalue weighted by Crippen LogP contribution is 2.47. The molecule has 0 aromatic heterocycles. The maximum absolute atomic E-state index is 13.0. The van der Waals surface area contributed by atoms with E-state index >= 15 is 0 Å². The lowest BCUT2D eigenvalue weighted by Crippen LogP contribution is -2.27. The van der Waals surface area contributed by atoms with Gasteiger partial charge in [-0.25, -0.2) is 4.79 Å². The molecule has 2 atom stereocenters. The summed E-state index contributed by atoms with van der Waals surface area (Å²) in [7, 11) is 3.19. The minimum Gasteiger partial charge on any atom is -0.491 e. The van der Waals surface area contributed by atoms with Crippen LogP contribution in [0.25, 0.3) is 0 Å². The average molecular weight is 1060 g/mol. The Morgan fingerprint density at radius 3 is 1.43 bits per heavy atom. The van der Waals surface area contributed by atoms with Crippen LogP contribution in [0, 0.1) is 27.7 Å². The second-order valence-corrected chi connectivity index (χ2v) is 18.6. The van der Waals surface area contributed by atoms with Crippen LogP contribution in [-0.4, -0.2) is 116 Å². The van der Waals surface area contributed by atoms with Crippen LogP contribution in [0.2, 0.25) is 0 Å². The molecule has 4 aromatic rings. The summed E-state index contributed by atoms with van der Waals surface area (Å²) in [6.45, 7) is 14.0. The lowest BCUT2D eigenvalue weighted by atomic mass is 9.89. The Balaban J connectivity index is 0.000000282. The van der Waals surface area contributed by atoms with E-state index in [1.54, 1.807) is 50.6 Å². The molecule has 2 amide bonds. The predicted octanol–water partition coefficient (Wildman–Crippen LogP) is 8.63. The van der Waals surface area contributed by atoms with E-state index in [0.29, 0.717) is 104 Å². The van der Waals surface area contributed by atoms with Gasteiger partial charge in [0, 0.05) is 69.3 Å². The second kappa shape index (κ2) is 31.0. The van der Waals surface area contributed by atoms with Crippen molar-refractivity contribution in [1.82, 2.24) is 10.6 Å². The van der Waals surface area contributed by atoms with E-state index < -0.39 is 17.9 Å². The third-order valence-corrected chi connectivity index (χ3v) is 12.2. The Labute approximate surface area is 445 Å². The summed E-state index contributed by atoms with van der Waals surface area (Å²) >= 11 is 0. The highest BCUT2D eigenvalue weighted by atomic mass is 16.6. The van der Waals surface area contributed by atoms with Gasteiger partial charge in [0.15, 0.2) is 0 Å². The fourth-order valence-electron chi connectivity index (χ4n) is 8.69. The van der Waals surface area contributed by atoms with E-state index in [0.717, 1.165) is 59.1 Å². The van der Waals surface area contributed by atoms with Gasteiger partial charge in [0.05, 0.1) is 13.2 Å². The number of unbranched alkanes of at least 4 members (excludes halogenated alkanes) is 4. The fourth-order valence-corrected chi connectivity index (χ4v) is 8.69. The first-order chi connectivity index (χ1) is 36.6. The first kappa shape index (κ1) is 59.7. The number of Topliss-reactive ketones (excluding diaryl/α,β-unsaturated/α-hetero) is 1. The molecule has 0 bridgehead atoms. The summed E-state index contributed by atoms with van der Waals surface area (Å²) in [5, 5.41) is 5.49. The third kappa shape index (κ3) is 18.6. The van der Waals surface area contributed by atoms with Crippen molar-refractivity contribution in [3.8, 4) is 34.5 Å². The van der Waals surface area contributed by atoms with Gasteiger partial charge in [-0.05, 0) is 108 Å². The number of rotatable bonds is 30. The molecule has 2 N–H and O–H groups in total. The Morgan fingerprint density at radius 2 is 0.961 bits per heavy atom. The van der Waals surface area contributed by atoms with Crippen LogP contribution in [0.1, 0.15) is 122 Å². The minimum absolute atomic E-state index is 0.0211. The normalized spacial score (nSPS) is 14.0. The third-order valence-electron chi connectivity index (χ3n) is 12.2. The SMILES string of the molecule is COCCOc1ccc(OCCOC(=O)CCCCC(C)=O)cc1C1C(=O)Oc2c(C)cc(C)cc21.COCCOc1ccc(OCCOC(=O)NCCCCCCNC(C)=O)cc1C1C(=O)Oc2c(C)cc(C)cc21. The molecule has 76 heavy (non-hydrogen) atoms. The van der Waals surface area contributed by atoms with Crippen molar-refractivity contribution in [2.75, 3.05) is 80.2 Å². The number of esters is 3. The molecule has 0 saturated carbocycles. The Morgan fingerprint density at radius 1 is 0.500 bits per heavy atom. The van der Waals surface area contributed by atoms with E-state index in [1.807, 2.05) is 52.0 Å². The molecule has 2 unspecified atom stereocenters. The lowest BCUT2D eigenvalue weighted by Gasteiger charge is -2.17. The van der Waals surface area contributed by atoms with Gasteiger partial charge in [0.25, 0.3) is 0 Å². The van der Waals surface area contributed by atoms with Crippen molar-refractivity contribution in [1.29, 1.82) is 0 Å². The number of alkyl carbamates (subject to hydrolysis) is 1. The molecule has 18 heteroatoms. The van der Waals surface area contributed by atoms with Crippen LogP contribution >= 0.6 is 0 Å². The number of benzene rings is 4. The summed E-state index contributed by atoms with van der Waals surface area (Å²) in [5.41, 5.74) is 6.74. The van der Waals surface area contributed by atoms with Crippen molar-refractivity contribution >= 4 is 35.7 Å². The van der Waals surface area contributed by atoms with E-state index in [9.17, 15) is 28.8 Å². The molecule has 2 aliphatic rings. The molecule has 412 valence electrons.